The molecule has 0 saturated heterocycles. The zero-order valence-electron chi connectivity index (χ0n) is 17.7. The highest BCUT2D eigenvalue weighted by Gasteiger charge is 2.52. The highest BCUT2D eigenvalue weighted by molar-refractivity contribution is 5.96. The summed E-state index contributed by atoms with van der Waals surface area (Å²) in [5.41, 5.74) is 4.52. The summed E-state index contributed by atoms with van der Waals surface area (Å²) >= 11 is 0. The van der Waals surface area contributed by atoms with Crippen molar-refractivity contribution in [2.75, 3.05) is 25.0 Å². The number of hydrogen-bond donors (Lipinski definition) is 0. The second kappa shape index (κ2) is 7.41. The van der Waals surface area contributed by atoms with E-state index < -0.39 is 5.95 Å². The van der Waals surface area contributed by atoms with Gasteiger partial charge in [0.1, 0.15) is 0 Å². The molecule has 6 nitrogen and oxygen atoms in total. The maximum Gasteiger partial charge on any atom is 0.253 e. The van der Waals surface area contributed by atoms with E-state index in [1.54, 1.807) is 23.4 Å². The molecule has 0 unspecified atom stereocenters. The number of halogens is 1. The van der Waals surface area contributed by atoms with Crippen LogP contribution in [0.2, 0.25) is 0 Å². The summed E-state index contributed by atoms with van der Waals surface area (Å²) in [6.07, 6.45) is 8.03. The van der Waals surface area contributed by atoms with Crippen molar-refractivity contribution < 1.29 is 9.18 Å². The first-order chi connectivity index (χ1) is 15.0. The van der Waals surface area contributed by atoms with Gasteiger partial charge in [0.25, 0.3) is 5.91 Å². The maximum atomic E-state index is 13.5. The Kier molecular flexibility index (Phi) is 4.68. The fourth-order valence-electron chi connectivity index (χ4n) is 4.42. The van der Waals surface area contributed by atoms with Gasteiger partial charge in [-0.1, -0.05) is 13.0 Å². The number of nitrogens with zero attached hydrogens (tertiary/aromatic N) is 5. The molecule has 7 heteroatoms. The Bertz CT molecular complexity index is 1140. The number of carbonyl (C=O) groups is 1. The largest absolute Gasteiger partial charge is 0.342 e. The van der Waals surface area contributed by atoms with E-state index in [1.165, 1.54) is 17.8 Å². The van der Waals surface area contributed by atoms with Crippen LogP contribution in [0.15, 0.2) is 48.9 Å². The molecule has 0 N–H and O–H groups in total. The van der Waals surface area contributed by atoms with Crippen molar-refractivity contribution in [3.8, 4) is 11.1 Å². The number of pyridine rings is 1. The van der Waals surface area contributed by atoms with Gasteiger partial charge in [0, 0.05) is 67.0 Å². The molecule has 1 saturated carbocycles. The molecule has 2 aromatic heterocycles. The Morgan fingerprint density at radius 2 is 1.90 bits per heavy atom. The average molecular weight is 417 g/mol. The normalized spacial score (nSPS) is 15.8. The van der Waals surface area contributed by atoms with Gasteiger partial charge in [-0.3, -0.25) is 4.79 Å². The molecule has 0 radical (unpaired) electrons. The van der Waals surface area contributed by atoms with E-state index in [4.69, 9.17) is 0 Å². The van der Waals surface area contributed by atoms with Crippen LogP contribution in [-0.4, -0.2) is 45.9 Å². The minimum Gasteiger partial charge on any atom is -0.342 e. The van der Waals surface area contributed by atoms with Crippen molar-refractivity contribution in [1.82, 2.24) is 19.9 Å². The van der Waals surface area contributed by atoms with Gasteiger partial charge in [0.2, 0.25) is 11.9 Å². The molecule has 31 heavy (non-hydrogen) atoms. The van der Waals surface area contributed by atoms with Crippen LogP contribution in [0.4, 0.5) is 16.0 Å². The third-order valence-corrected chi connectivity index (χ3v) is 6.27. The molecule has 1 spiro atoms. The number of amides is 1. The maximum absolute atomic E-state index is 13.5. The molecule has 1 aliphatic carbocycles. The molecule has 1 aliphatic heterocycles. The lowest BCUT2D eigenvalue weighted by atomic mass is 9.97. The minimum absolute atomic E-state index is 0.0253. The Morgan fingerprint density at radius 1 is 1.13 bits per heavy atom. The molecule has 1 aromatic carbocycles. The van der Waals surface area contributed by atoms with Crippen molar-refractivity contribution >= 4 is 17.5 Å². The van der Waals surface area contributed by atoms with Crippen LogP contribution in [0.25, 0.3) is 11.1 Å². The second-order valence-corrected chi connectivity index (χ2v) is 8.46. The summed E-state index contributed by atoms with van der Waals surface area (Å²) in [4.78, 5) is 29.4. The fourth-order valence-corrected chi connectivity index (χ4v) is 4.42. The molecule has 5 rings (SSSR count). The molecule has 158 valence electrons. The first-order valence-corrected chi connectivity index (χ1v) is 10.6. The first-order valence-electron chi connectivity index (χ1n) is 10.6. The number of aromatic nitrogens is 3. The highest BCUT2D eigenvalue weighted by atomic mass is 19.1. The Balaban J connectivity index is 1.48. The summed E-state index contributed by atoms with van der Waals surface area (Å²) in [6.45, 7) is 3.60. The van der Waals surface area contributed by atoms with E-state index in [2.05, 4.69) is 32.8 Å². The predicted octanol–water partition coefficient (Wildman–Crippen LogP) is 4.34. The van der Waals surface area contributed by atoms with E-state index in [1.807, 2.05) is 19.2 Å². The number of hydrogen-bond acceptors (Lipinski definition) is 5. The van der Waals surface area contributed by atoms with Crippen molar-refractivity contribution in [2.24, 2.45) is 0 Å². The molecule has 2 aliphatic rings. The van der Waals surface area contributed by atoms with Gasteiger partial charge in [-0.2, -0.15) is 4.39 Å². The fraction of sp³-hybridized carbons (Fsp3) is 0.333. The van der Waals surface area contributed by atoms with Gasteiger partial charge in [-0.05, 0) is 48.6 Å². The topological polar surface area (TPSA) is 62.2 Å². The van der Waals surface area contributed by atoms with Crippen LogP contribution in [0.1, 0.15) is 42.1 Å². The second-order valence-electron chi connectivity index (χ2n) is 8.46. The predicted molar refractivity (Wildman–Crippen MR) is 117 cm³/mol. The number of rotatable bonds is 5. The molecule has 3 aromatic rings. The van der Waals surface area contributed by atoms with Gasteiger partial charge in [0.15, 0.2) is 0 Å². The van der Waals surface area contributed by atoms with E-state index in [-0.39, 0.29) is 11.3 Å². The lowest BCUT2D eigenvalue weighted by Crippen LogP contribution is -2.27. The van der Waals surface area contributed by atoms with Gasteiger partial charge in [-0.15, -0.1) is 0 Å². The SMILES string of the molecule is CCCN(C)C(=O)c1ccc2c(c1)N(c1ncc(-c3ccnc(F)c3)cn1)CC21CC1. The molecule has 3 heterocycles. The smallest absolute Gasteiger partial charge is 0.253 e. The number of fused-ring (bicyclic) bond motifs is 2. The number of anilines is 2. The number of benzene rings is 1. The molecule has 1 fully saturated rings. The minimum atomic E-state index is -0.532. The summed E-state index contributed by atoms with van der Waals surface area (Å²) in [7, 11) is 1.84. The van der Waals surface area contributed by atoms with Crippen LogP contribution < -0.4 is 4.90 Å². The van der Waals surface area contributed by atoms with Crippen LogP contribution in [-0.2, 0) is 5.41 Å². The van der Waals surface area contributed by atoms with Gasteiger partial charge in [-0.25, -0.2) is 15.0 Å². The van der Waals surface area contributed by atoms with E-state index in [9.17, 15) is 9.18 Å². The Hall–Kier alpha value is -3.35. The van der Waals surface area contributed by atoms with Crippen LogP contribution in [0.5, 0.6) is 0 Å². The highest BCUT2D eigenvalue weighted by Crippen LogP contribution is 2.57. The summed E-state index contributed by atoms with van der Waals surface area (Å²) in [6, 6.07) is 9.12. The lowest BCUT2D eigenvalue weighted by Gasteiger charge is -2.20. The number of carbonyl (C=O) groups excluding carboxylic acids is 1. The van der Waals surface area contributed by atoms with Crippen molar-refractivity contribution in [2.45, 2.75) is 31.6 Å². The van der Waals surface area contributed by atoms with E-state index in [0.717, 1.165) is 43.6 Å². The molecule has 0 bridgehead atoms. The van der Waals surface area contributed by atoms with Crippen molar-refractivity contribution in [1.29, 1.82) is 0 Å². The summed E-state index contributed by atoms with van der Waals surface area (Å²) in [5.74, 6) is 0.0862. The molecule has 0 atom stereocenters. The first kappa shape index (κ1) is 19.6. The van der Waals surface area contributed by atoms with Crippen LogP contribution in [0, 0.1) is 5.95 Å². The van der Waals surface area contributed by atoms with Crippen molar-refractivity contribution in [3.05, 3.63) is 66.0 Å². The lowest BCUT2D eigenvalue weighted by molar-refractivity contribution is 0.0795. The van der Waals surface area contributed by atoms with Crippen molar-refractivity contribution in [3.63, 3.8) is 0 Å². The average Bonchev–Trinajstić information content (AvgIpc) is 3.50. The van der Waals surface area contributed by atoms with E-state index >= 15 is 0 Å². The molecular formula is C24H24FN5O. The van der Waals surface area contributed by atoms with Gasteiger partial charge >= 0.3 is 0 Å². The summed E-state index contributed by atoms with van der Waals surface area (Å²) in [5, 5.41) is 0. The standard InChI is InChI=1S/C24H24FN5O/c1-3-10-29(2)22(31)17-4-5-19-20(11-17)30(15-24(19)7-8-24)23-27-13-18(14-28-23)16-6-9-26-21(25)12-16/h4-6,9,11-14H,3,7-8,10,15H2,1-2H3. The monoisotopic (exact) mass is 417 g/mol. The zero-order valence-corrected chi connectivity index (χ0v) is 17.7. The molecule has 1 amide bonds. The van der Waals surface area contributed by atoms with E-state index in [0.29, 0.717) is 17.1 Å². The summed E-state index contributed by atoms with van der Waals surface area (Å²) < 4.78 is 13.5. The van der Waals surface area contributed by atoms with Gasteiger partial charge in [0.05, 0.1) is 0 Å². The Morgan fingerprint density at radius 3 is 2.58 bits per heavy atom. The zero-order chi connectivity index (χ0) is 21.6. The van der Waals surface area contributed by atoms with Gasteiger partial charge < -0.3 is 9.80 Å². The van der Waals surface area contributed by atoms with Crippen LogP contribution >= 0.6 is 0 Å². The molecular weight excluding hydrogens is 393 g/mol. The quantitative estimate of drug-likeness (QED) is 0.578. The Labute approximate surface area is 180 Å². The third kappa shape index (κ3) is 3.44. The van der Waals surface area contributed by atoms with Crippen LogP contribution in [0.3, 0.4) is 0 Å². The third-order valence-electron chi connectivity index (χ3n) is 6.27.